The highest BCUT2D eigenvalue weighted by atomic mass is 16.5. The van der Waals surface area contributed by atoms with Crippen molar-refractivity contribution in [1.29, 1.82) is 0 Å². The van der Waals surface area contributed by atoms with Crippen LogP contribution < -0.4 is 20.1 Å². The third kappa shape index (κ3) is 5.56. The average Bonchev–Trinajstić information content (AvgIpc) is 3.17. The molecule has 1 heterocycles. The number of rotatable bonds is 9. The number of hydrogen-bond acceptors (Lipinski definition) is 5. The van der Waals surface area contributed by atoms with Crippen molar-refractivity contribution in [2.24, 2.45) is 0 Å². The summed E-state index contributed by atoms with van der Waals surface area (Å²) in [5.74, 6) is 1.28. The van der Waals surface area contributed by atoms with Crippen LogP contribution in [-0.2, 0) is 11.2 Å². The van der Waals surface area contributed by atoms with E-state index in [-0.39, 0.29) is 17.6 Å². The lowest BCUT2D eigenvalue weighted by molar-refractivity contribution is -0.121. The first-order chi connectivity index (χ1) is 12.1. The Labute approximate surface area is 146 Å². The minimum atomic E-state index is -0.305. The van der Waals surface area contributed by atoms with Crippen molar-refractivity contribution < 1.29 is 23.5 Å². The predicted molar refractivity (Wildman–Crippen MR) is 91.9 cm³/mol. The van der Waals surface area contributed by atoms with Crippen molar-refractivity contribution >= 4 is 11.8 Å². The van der Waals surface area contributed by atoms with Gasteiger partial charge < -0.3 is 24.5 Å². The molecule has 2 amide bonds. The van der Waals surface area contributed by atoms with E-state index in [0.29, 0.717) is 25.9 Å². The van der Waals surface area contributed by atoms with E-state index in [4.69, 9.17) is 13.9 Å². The monoisotopic (exact) mass is 346 g/mol. The Balaban J connectivity index is 1.71. The van der Waals surface area contributed by atoms with Gasteiger partial charge in [0.05, 0.1) is 20.5 Å². The SMILES string of the molecule is COc1ccc(OC)c(CCC(=O)NCCNC(=O)c2ccco2)c1. The molecule has 7 nitrogen and oxygen atoms in total. The summed E-state index contributed by atoms with van der Waals surface area (Å²) >= 11 is 0. The third-order valence-electron chi connectivity index (χ3n) is 3.59. The van der Waals surface area contributed by atoms with E-state index < -0.39 is 0 Å². The molecule has 7 heteroatoms. The molecule has 0 unspecified atom stereocenters. The second-order valence-electron chi connectivity index (χ2n) is 5.26. The van der Waals surface area contributed by atoms with E-state index in [2.05, 4.69) is 10.6 Å². The molecule has 0 spiro atoms. The fourth-order valence-electron chi connectivity index (χ4n) is 2.29. The summed E-state index contributed by atoms with van der Waals surface area (Å²) in [6.45, 7) is 0.675. The lowest BCUT2D eigenvalue weighted by Gasteiger charge is -2.11. The van der Waals surface area contributed by atoms with Crippen LogP contribution in [0.4, 0.5) is 0 Å². The van der Waals surface area contributed by atoms with Crippen LogP contribution in [0.25, 0.3) is 0 Å². The van der Waals surface area contributed by atoms with Crippen LogP contribution in [0.15, 0.2) is 41.0 Å². The molecule has 134 valence electrons. The van der Waals surface area contributed by atoms with Crippen LogP contribution in [0.2, 0.25) is 0 Å². The molecule has 0 aliphatic rings. The Hall–Kier alpha value is -2.96. The van der Waals surface area contributed by atoms with Crippen molar-refractivity contribution in [3.63, 3.8) is 0 Å². The van der Waals surface area contributed by atoms with Crippen molar-refractivity contribution in [2.45, 2.75) is 12.8 Å². The summed E-state index contributed by atoms with van der Waals surface area (Å²) in [6, 6.07) is 8.70. The number of furan rings is 1. The number of ether oxygens (including phenoxy) is 2. The first-order valence-electron chi connectivity index (χ1n) is 7.93. The van der Waals surface area contributed by atoms with Crippen molar-refractivity contribution in [3.05, 3.63) is 47.9 Å². The Kier molecular flexibility index (Phi) is 6.88. The van der Waals surface area contributed by atoms with Crippen LogP contribution in [0, 0.1) is 0 Å². The van der Waals surface area contributed by atoms with E-state index in [1.807, 2.05) is 18.2 Å². The summed E-state index contributed by atoms with van der Waals surface area (Å²) in [4.78, 5) is 23.6. The molecule has 0 aliphatic heterocycles. The number of amides is 2. The zero-order chi connectivity index (χ0) is 18.1. The van der Waals surface area contributed by atoms with Gasteiger partial charge in [-0.25, -0.2) is 0 Å². The predicted octanol–water partition coefficient (Wildman–Crippen LogP) is 1.78. The molecule has 1 aromatic heterocycles. The highest BCUT2D eigenvalue weighted by molar-refractivity contribution is 5.91. The van der Waals surface area contributed by atoms with Crippen LogP contribution in [0.3, 0.4) is 0 Å². The first kappa shape index (κ1) is 18.4. The van der Waals surface area contributed by atoms with Gasteiger partial charge in [-0.2, -0.15) is 0 Å². The van der Waals surface area contributed by atoms with Crippen molar-refractivity contribution in [3.8, 4) is 11.5 Å². The Morgan fingerprint density at radius 2 is 1.88 bits per heavy atom. The maximum Gasteiger partial charge on any atom is 0.287 e. The molecular formula is C18H22N2O5. The van der Waals surface area contributed by atoms with E-state index in [1.54, 1.807) is 26.4 Å². The van der Waals surface area contributed by atoms with Gasteiger partial charge in [0.2, 0.25) is 5.91 Å². The molecule has 0 bridgehead atoms. The minimum Gasteiger partial charge on any atom is -0.497 e. The normalized spacial score (nSPS) is 10.2. The minimum absolute atomic E-state index is 0.0999. The van der Waals surface area contributed by atoms with Crippen LogP contribution in [0.1, 0.15) is 22.5 Å². The van der Waals surface area contributed by atoms with Gasteiger partial charge in [-0.3, -0.25) is 9.59 Å². The number of benzene rings is 1. The highest BCUT2D eigenvalue weighted by Gasteiger charge is 2.09. The molecule has 0 radical (unpaired) electrons. The molecule has 1 aromatic carbocycles. The van der Waals surface area contributed by atoms with Gasteiger partial charge in [0.25, 0.3) is 5.91 Å². The van der Waals surface area contributed by atoms with E-state index >= 15 is 0 Å². The van der Waals surface area contributed by atoms with Gasteiger partial charge in [-0.05, 0) is 42.3 Å². The van der Waals surface area contributed by atoms with Gasteiger partial charge in [0.1, 0.15) is 11.5 Å². The maximum atomic E-state index is 11.9. The molecule has 2 rings (SSSR count). The Bertz CT molecular complexity index is 697. The number of hydrogen-bond donors (Lipinski definition) is 2. The molecule has 0 aliphatic carbocycles. The number of nitrogens with one attached hydrogen (secondary N) is 2. The molecule has 0 atom stereocenters. The number of carbonyl (C=O) groups excluding carboxylic acids is 2. The standard InChI is InChI=1S/C18H22N2O5/c1-23-14-6-7-15(24-2)13(12-14)5-8-17(21)19-9-10-20-18(22)16-4-3-11-25-16/h3-4,6-7,11-12H,5,8-10H2,1-2H3,(H,19,21)(H,20,22). The van der Waals surface area contributed by atoms with E-state index in [1.165, 1.54) is 6.26 Å². The van der Waals surface area contributed by atoms with Gasteiger partial charge in [0, 0.05) is 19.5 Å². The summed E-state index contributed by atoms with van der Waals surface area (Å²) in [5.41, 5.74) is 0.906. The lowest BCUT2D eigenvalue weighted by atomic mass is 10.1. The van der Waals surface area contributed by atoms with Gasteiger partial charge in [0.15, 0.2) is 5.76 Å². The summed E-state index contributed by atoms with van der Waals surface area (Å²) in [6.07, 6.45) is 2.28. The molecular weight excluding hydrogens is 324 g/mol. The van der Waals surface area contributed by atoms with Gasteiger partial charge in [-0.15, -0.1) is 0 Å². The largest absolute Gasteiger partial charge is 0.497 e. The van der Waals surface area contributed by atoms with Crippen LogP contribution in [-0.4, -0.2) is 39.1 Å². The average molecular weight is 346 g/mol. The van der Waals surface area contributed by atoms with Crippen LogP contribution in [0.5, 0.6) is 11.5 Å². The molecule has 25 heavy (non-hydrogen) atoms. The lowest BCUT2D eigenvalue weighted by Crippen LogP contribution is -2.34. The highest BCUT2D eigenvalue weighted by Crippen LogP contribution is 2.24. The third-order valence-corrected chi connectivity index (χ3v) is 3.59. The number of aryl methyl sites for hydroxylation is 1. The first-order valence-corrected chi connectivity index (χ1v) is 7.93. The summed E-state index contributed by atoms with van der Waals surface area (Å²) in [7, 11) is 3.18. The Morgan fingerprint density at radius 1 is 1.08 bits per heavy atom. The number of methoxy groups -OCH3 is 2. The fraction of sp³-hybridized carbons (Fsp3) is 0.333. The zero-order valence-corrected chi connectivity index (χ0v) is 14.3. The van der Waals surface area contributed by atoms with Crippen molar-refractivity contribution in [1.82, 2.24) is 10.6 Å². The Morgan fingerprint density at radius 3 is 2.56 bits per heavy atom. The zero-order valence-electron chi connectivity index (χ0n) is 14.3. The van der Waals surface area contributed by atoms with Crippen LogP contribution >= 0.6 is 0 Å². The summed E-state index contributed by atoms with van der Waals surface area (Å²) in [5, 5.41) is 5.43. The van der Waals surface area contributed by atoms with E-state index in [0.717, 1.165) is 17.1 Å². The second-order valence-corrected chi connectivity index (χ2v) is 5.26. The fourth-order valence-corrected chi connectivity index (χ4v) is 2.29. The number of carbonyl (C=O) groups is 2. The van der Waals surface area contributed by atoms with Gasteiger partial charge in [-0.1, -0.05) is 0 Å². The molecule has 2 N–H and O–H groups in total. The van der Waals surface area contributed by atoms with Crippen molar-refractivity contribution in [2.75, 3.05) is 27.3 Å². The second kappa shape index (κ2) is 9.36. The molecule has 0 saturated carbocycles. The molecule has 2 aromatic rings. The topological polar surface area (TPSA) is 89.8 Å². The van der Waals surface area contributed by atoms with Gasteiger partial charge >= 0.3 is 0 Å². The van der Waals surface area contributed by atoms with E-state index in [9.17, 15) is 9.59 Å². The quantitative estimate of drug-likeness (QED) is 0.676. The molecule has 0 saturated heterocycles. The maximum absolute atomic E-state index is 11.9. The molecule has 0 fully saturated rings. The smallest absolute Gasteiger partial charge is 0.287 e. The summed E-state index contributed by atoms with van der Waals surface area (Å²) < 4.78 is 15.5.